The molecule has 0 saturated heterocycles. The van der Waals surface area contributed by atoms with Crippen LogP contribution in [0.15, 0.2) is 48.5 Å². The van der Waals surface area contributed by atoms with Crippen molar-refractivity contribution in [3.05, 3.63) is 70.2 Å². The molecule has 24 heavy (non-hydrogen) atoms. The molecule has 1 atom stereocenters. The summed E-state index contributed by atoms with van der Waals surface area (Å²) < 4.78 is 5.02. The number of carbonyl (C=O) groups excluding carboxylic acids is 2. The minimum Gasteiger partial charge on any atom is -0.455 e. The van der Waals surface area contributed by atoms with Gasteiger partial charge in [0.15, 0.2) is 6.61 Å². The number of halogens is 1. The summed E-state index contributed by atoms with van der Waals surface area (Å²) in [5.74, 6) is -0.774. The maximum absolute atomic E-state index is 11.9. The maximum Gasteiger partial charge on any atom is 0.310 e. The van der Waals surface area contributed by atoms with Gasteiger partial charge in [-0.05, 0) is 37.1 Å². The molecule has 0 unspecified atom stereocenters. The number of esters is 1. The summed E-state index contributed by atoms with van der Waals surface area (Å²) in [6.45, 7) is 3.53. The van der Waals surface area contributed by atoms with E-state index in [4.69, 9.17) is 16.3 Å². The number of rotatable bonds is 6. The SMILES string of the molecule is Cc1ccc(CC(=O)OCC(=O)N[C@@H](C)c2cccc(Cl)c2)cc1. The van der Waals surface area contributed by atoms with Gasteiger partial charge in [-0.1, -0.05) is 53.6 Å². The highest BCUT2D eigenvalue weighted by Crippen LogP contribution is 2.17. The number of benzene rings is 2. The minimum atomic E-state index is -0.426. The van der Waals surface area contributed by atoms with Gasteiger partial charge in [0.25, 0.3) is 5.91 Å². The fraction of sp³-hybridized carbons (Fsp3) is 0.263. The quantitative estimate of drug-likeness (QED) is 0.814. The molecule has 1 N–H and O–H groups in total. The summed E-state index contributed by atoms with van der Waals surface area (Å²) in [5, 5.41) is 3.38. The number of carbonyl (C=O) groups is 2. The first-order valence-electron chi connectivity index (χ1n) is 7.70. The third-order valence-electron chi connectivity index (χ3n) is 3.56. The lowest BCUT2D eigenvalue weighted by atomic mass is 10.1. The maximum atomic E-state index is 11.9. The molecule has 0 aliphatic rings. The zero-order valence-electron chi connectivity index (χ0n) is 13.7. The highest BCUT2D eigenvalue weighted by atomic mass is 35.5. The van der Waals surface area contributed by atoms with Crippen molar-refractivity contribution in [1.82, 2.24) is 5.32 Å². The standard InChI is InChI=1S/C19H20ClNO3/c1-13-6-8-15(9-7-13)10-19(23)24-12-18(22)21-14(2)16-4-3-5-17(20)11-16/h3-9,11,14H,10,12H2,1-2H3,(H,21,22)/t14-/m0/s1. The zero-order valence-corrected chi connectivity index (χ0v) is 14.5. The third kappa shape index (κ3) is 5.70. The van der Waals surface area contributed by atoms with Crippen LogP contribution in [0.2, 0.25) is 5.02 Å². The van der Waals surface area contributed by atoms with E-state index in [9.17, 15) is 9.59 Å². The number of ether oxygens (including phenoxy) is 1. The normalized spacial score (nSPS) is 11.6. The van der Waals surface area contributed by atoms with Gasteiger partial charge in [0.05, 0.1) is 12.5 Å². The van der Waals surface area contributed by atoms with Crippen molar-refractivity contribution in [1.29, 1.82) is 0 Å². The first-order chi connectivity index (χ1) is 11.4. The minimum absolute atomic E-state index is 0.150. The Morgan fingerprint density at radius 3 is 2.54 bits per heavy atom. The Hall–Kier alpha value is -2.33. The number of hydrogen-bond donors (Lipinski definition) is 1. The molecule has 0 aliphatic carbocycles. The molecule has 0 fully saturated rings. The molecule has 2 aromatic rings. The van der Waals surface area contributed by atoms with Gasteiger partial charge in [-0.15, -0.1) is 0 Å². The molecule has 0 aliphatic heterocycles. The van der Waals surface area contributed by atoms with Crippen molar-refractivity contribution < 1.29 is 14.3 Å². The van der Waals surface area contributed by atoms with E-state index in [2.05, 4.69) is 5.32 Å². The fourth-order valence-electron chi connectivity index (χ4n) is 2.21. The number of hydrogen-bond acceptors (Lipinski definition) is 3. The van der Waals surface area contributed by atoms with Crippen molar-refractivity contribution in [2.75, 3.05) is 6.61 Å². The predicted molar refractivity (Wildman–Crippen MR) is 93.9 cm³/mol. The van der Waals surface area contributed by atoms with Crippen LogP contribution in [0.3, 0.4) is 0 Å². The summed E-state index contributed by atoms with van der Waals surface area (Å²) >= 11 is 5.93. The van der Waals surface area contributed by atoms with Crippen molar-refractivity contribution >= 4 is 23.5 Å². The summed E-state index contributed by atoms with van der Waals surface area (Å²) in [5.41, 5.74) is 2.88. The molecule has 5 heteroatoms. The number of amides is 1. The lowest BCUT2D eigenvalue weighted by Gasteiger charge is -2.14. The molecule has 0 aromatic heterocycles. The first kappa shape index (κ1) is 18.0. The van der Waals surface area contributed by atoms with E-state index in [1.54, 1.807) is 12.1 Å². The van der Waals surface area contributed by atoms with Crippen molar-refractivity contribution in [3.8, 4) is 0 Å². The fourth-order valence-corrected chi connectivity index (χ4v) is 2.41. The highest BCUT2D eigenvalue weighted by molar-refractivity contribution is 6.30. The second-order valence-electron chi connectivity index (χ2n) is 5.67. The van der Waals surface area contributed by atoms with Crippen LogP contribution in [0.5, 0.6) is 0 Å². The van der Waals surface area contributed by atoms with Gasteiger partial charge in [0, 0.05) is 5.02 Å². The molecule has 2 aromatic carbocycles. The van der Waals surface area contributed by atoms with Gasteiger partial charge in [0.2, 0.25) is 0 Å². The van der Waals surface area contributed by atoms with E-state index >= 15 is 0 Å². The number of nitrogens with one attached hydrogen (secondary N) is 1. The summed E-state index contributed by atoms with van der Waals surface area (Å²) in [6.07, 6.45) is 0.150. The van der Waals surface area contributed by atoms with E-state index in [0.29, 0.717) is 5.02 Å². The van der Waals surface area contributed by atoms with Gasteiger partial charge in [-0.2, -0.15) is 0 Å². The Balaban J connectivity index is 1.78. The van der Waals surface area contributed by atoms with Gasteiger partial charge >= 0.3 is 5.97 Å². The highest BCUT2D eigenvalue weighted by Gasteiger charge is 2.12. The van der Waals surface area contributed by atoms with E-state index in [1.165, 1.54) is 0 Å². The van der Waals surface area contributed by atoms with Crippen LogP contribution in [-0.2, 0) is 20.7 Å². The van der Waals surface area contributed by atoms with Crippen molar-refractivity contribution in [3.63, 3.8) is 0 Å². The van der Waals surface area contributed by atoms with Crippen LogP contribution >= 0.6 is 11.6 Å². The van der Waals surface area contributed by atoms with Crippen LogP contribution in [0.1, 0.15) is 29.7 Å². The first-order valence-corrected chi connectivity index (χ1v) is 8.08. The Kier molecular flexibility index (Phi) is 6.38. The second kappa shape index (κ2) is 8.50. The summed E-state index contributed by atoms with van der Waals surface area (Å²) in [4.78, 5) is 23.7. The monoisotopic (exact) mass is 345 g/mol. The van der Waals surface area contributed by atoms with Crippen LogP contribution in [-0.4, -0.2) is 18.5 Å². The molecule has 0 radical (unpaired) electrons. The van der Waals surface area contributed by atoms with Crippen molar-refractivity contribution in [2.24, 2.45) is 0 Å². The molecule has 0 saturated carbocycles. The molecule has 4 nitrogen and oxygen atoms in total. The lowest BCUT2D eigenvalue weighted by molar-refractivity contribution is -0.148. The van der Waals surface area contributed by atoms with Crippen LogP contribution in [0.4, 0.5) is 0 Å². The molecule has 0 spiro atoms. The van der Waals surface area contributed by atoms with Gasteiger partial charge in [-0.3, -0.25) is 9.59 Å². The number of aryl methyl sites for hydroxylation is 1. The molecule has 0 heterocycles. The van der Waals surface area contributed by atoms with Crippen LogP contribution in [0, 0.1) is 6.92 Å². The van der Waals surface area contributed by atoms with Gasteiger partial charge in [0.1, 0.15) is 0 Å². The van der Waals surface area contributed by atoms with E-state index < -0.39 is 5.97 Å². The third-order valence-corrected chi connectivity index (χ3v) is 3.79. The molecule has 1 amide bonds. The summed E-state index contributed by atoms with van der Waals surface area (Å²) in [7, 11) is 0. The van der Waals surface area contributed by atoms with Crippen molar-refractivity contribution in [2.45, 2.75) is 26.3 Å². The average Bonchev–Trinajstić information content (AvgIpc) is 2.55. The van der Waals surface area contributed by atoms with Crippen LogP contribution < -0.4 is 5.32 Å². The average molecular weight is 346 g/mol. The van der Waals surface area contributed by atoms with E-state index in [1.807, 2.05) is 50.2 Å². The Bertz CT molecular complexity index is 713. The molecule has 0 bridgehead atoms. The molecular formula is C19H20ClNO3. The lowest BCUT2D eigenvalue weighted by Crippen LogP contribution is -2.31. The van der Waals surface area contributed by atoms with Crippen LogP contribution in [0.25, 0.3) is 0 Å². The molecule has 2 rings (SSSR count). The van der Waals surface area contributed by atoms with Gasteiger partial charge in [-0.25, -0.2) is 0 Å². The second-order valence-corrected chi connectivity index (χ2v) is 6.10. The predicted octanol–water partition coefficient (Wildman–Crippen LogP) is 3.61. The Labute approximate surface area is 146 Å². The van der Waals surface area contributed by atoms with Gasteiger partial charge < -0.3 is 10.1 Å². The zero-order chi connectivity index (χ0) is 17.5. The molecular weight excluding hydrogens is 326 g/mol. The largest absolute Gasteiger partial charge is 0.455 e. The summed E-state index contributed by atoms with van der Waals surface area (Å²) in [6, 6.07) is 14.6. The van der Waals surface area contributed by atoms with E-state index in [0.717, 1.165) is 16.7 Å². The smallest absolute Gasteiger partial charge is 0.310 e. The topological polar surface area (TPSA) is 55.4 Å². The Morgan fingerprint density at radius 2 is 1.88 bits per heavy atom. The Morgan fingerprint density at radius 1 is 1.17 bits per heavy atom. The molecule has 126 valence electrons. The van der Waals surface area contributed by atoms with E-state index in [-0.39, 0.29) is 25.0 Å².